The molecular formula is C16H23NO3. The molecule has 4 heteroatoms. The van der Waals surface area contributed by atoms with Crippen molar-refractivity contribution in [2.45, 2.75) is 46.6 Å². The van der Waals surface area contributed by atoms with E-state index >= 15 is 0 Å². The summed E-state index contributed by atoms with van der Waals surface area (Å²) in [6, 6.07) is 5.49. The molecule has 0 aromatic heterocycles. The second-order valence-corrected chi connectivity index (χ2v) is 5.74. The average Bonchev–Trinajstić information content (AvgIpc) is 2.34. The van der Waals surface area contributed by atoms with Crippen LogP contribution in [0.5, 0.6) is 0 Å². The fourth-order valence-corrected chi connectivity index (χ4v) is 1.81. The molecule has 0 aliphatic carbocycles. The summed E-state index contributed by atoms with van der Waals surface area (Å²) in [7, 11) is 0. The lowest BCUT2D eigenvalue weighted by Gasteiger charge is -2.24. The van der Waals surface area contributed by atoms with Gasteiger partial charge in [0.2, 0.25) is 0 Å². The fraction of sp³-hybridized carbons (Fsp3) is 0.500. The SMILES string of the molecule is CCC(C)(C)NC(=O)COC(=O)c1cc(C)cc(C)c1. The Morgan fingerprint density at radius 2 is 1.70 bits per heavy atom. The van der Waals surface area contributed by atoms with Gasteiger partial charge < -0.3 is 10.1 Å². The number of ether oxygens (including phenoxy) is 1. The van der Waals surface area contributed by atoms with Gasteiger partial charge in [-0.3, -0.25) is 4.79 Å². The molecule has 0 saturated heterocycles. The Morgan fingerprint density at radius 1 is 1.15 bits per heavy atom. The maximum atomic E-state index is 11.9. The van der Waals surface area contributed by atoms with Crippen LogP contribution in [-0.2, 0) is 9.53 Å². The number of esters is 1. The van der Waals surface area contributed by atoms with Crippen molar-refractivity contribution < 1.29 is 14.3 Å². The molecular weight excluding hydrogens is 254 g/mol. The van der Waals surface area contributed by atoms with Crippen LogP contribution >= 0.6 is 0 Å². The van der Waals surface area contributed by atoms with Gasteiger partial charge in [0, 0.05) is 5.54 Å². The Labute approximate surface area is 120 Å². The molecule has 0 radical (unpaired) electrons. The monoisotopic (exact) mass is 277 g/mol. The number of rotatable bonds is 5. The van der Waals surface area contributed by atoms with E-state index in [9.17, 15) is 9.59 Å². The van der Waals surface area contributed by atoms with Gasteiger partial charge >= 0.3 is 5.97 Å². The first-order valence-electron chi connectivity index (χ1n) is 6.80. The van der Waals surface area contributed by atoms with Crippen LogP contribution in [0.15, 0.2) is 18.2 Å². The van der Waals surface area contributed by atoms with Crippen molar-refractivity contribution in [1.29, 1.82) is 0 Å². The third kappa shape index (κ3) is 5.03. The summed E-state index contributed by atoms with van der Waals surface area (Å²) in [4.78, 5) is 23.6. The van der Waals surface area contributed by atoms with E-state index < -0.39 is 5.97 Å². The van der Waals surface area contributed by atoms with E-state index in [0.717, 1.165) is 17.5 Å². The third-order valence-electron chi connectivity index (χ3n) is 3.15. The molecule has 1 aromatic carbocycles. The van der Waals surface area contributed by atoms with Crippen LogP contribution in [0.4, 0.5) is 0 Å². The highest BCUT2D eigenvalue weighted by Crippen LogP contribution is 2.10. The number of hydrogen-bond donors (Lipinski definition) is 1. The van der Waals surface area contributed by atoms with E-state index in [-0.39, 0.29) is 18.1 Å². The van der Waals surface area contributed by atoms with Gasteiger partial charge in [-0.05, 0) is 46.2 Å². The number of carbonyl (C=O) groups excluding carboxylic acids is 2. The first-order valence-corrected chi connectivity index (χ1v) is 6.80. The number of benzene rings is 1. The smallest absolute Gasteiger partial charge is 0.338 e. The predicted molar refractivity (Wildman–Crippen MR) is 78.7 cm³/mol. The Hall–Kier alpha value is -1.84. The van der Waals surface area contributed by atoms with Crippen LogP contribution in [0.25, 0.3) is 0 Å². The number of nitrogens with one attached hydrogen (secondary N) is 1. The molecule has 4 nitrogen and oxygen atoms in total. The molecule has 0 aliphatic heterocycles. The maximum absolute atomic E-state index is 11.9. The van der Waals surface area contributed by atoms with Crippen molar-refractivity contribution >= 4 is 11.9 Å². The molecule has 0 heterocycles. The summed E-state index contributed by atoms with van der Waals surface area (Å²) >= 11 is 0. The van der Waals surface area contributed by atoms with E-state index in [0.29, 0.717) is 5.56 Å². The highest BCUT2D eigenvalue weighted by molar-refractivity contribution is 5.91. The van der Waals surface area contributed by atoms with Crippen molar-refractivity contribution in [2.24, 2.45) is 0 Å². The lowest BCUT2D eigenvalue weighted by atomic mass is 10.0. The number of aryl methyl sites for hydroxylation is 2. The van der Waals surface area contributed by atoms with Gasteiger partial charge in [0.15, 0.2) is 6.61 Å². The zero-order valence-electron chi connectivity index (χ0n) is 12.9. The van der Waals surface area contributed by atoms with Gasteiger partial charge in [-0.25, -0.2) is 4.79 Å². The molecule has 1 rings (SSSR count). The van der Waals surface area contributed by atoms with Crippen LogP contribution < -0.4 is 5.32 Å². The summed E-state index contributed by atoms with van der Waals surface area (Å²) in [5, 5.41) is 2.82. The quantitative estimate of drug-likeness (QED) is 0.842. The number of carbonyl (C=O) groups is 2. The standard InChI is InChI=1S/C16H23NO3/c1-6-16(4,5)17-14(18)10-20-15(19)13-8-11(2)7-12(3)9-13/h7-9H,6,10H2,1-5H3,(H,17,18). The molecule has 110 valence electrons. The minimum atomic E-state index is -0.471. The van der Waals surface area contributed by atoms with Gasteiger partial charge in [0.1, 0.15) is 0 Å². The summed E-state index contributed by atoms with van der Waals surface area (Å²) in [6.45, 7) is 9.42. The predicted octanol–water partition coefficient (Wildman–Crippen LogP) is 2.77. The van der Waals surface area contributed by atoms with Gasteiger partial charge in [-0.15, -0.1) is 0 Å². The van der Waals surface area contributed by atoms with Crippen molar-refractivity contribution in [3.05, 3.63) is 34.9 Å². The summed E-state index contributed by atoms with van der Waals surface area (Å²) < 4.78 is 5.04. The highest BCUT2D eigenvalue weighted by Gasteiger charge is 2.19. The molecule has 0 unspecified atom stereocenters. The highest BCUT2D eigenvalue weighted by atomic mass is 16.5. The maximum Gasteiger partial charge on any atom is 0.338 e. The van der Waals surface area contributed by atoms with Crippen molar-refractivity contribution in [3.63, 3.8) is 0 Å². The van der Waals surface area contributed by atoms with Crippen LogP contribution in [0.2, 0.25) is 0 Å². The topological polar surface area (TPSA) is 55.4 Å². The van der Waals surface area contributed by atoms with Crippen LogP contribution in [0, 0.1) is 13.8 Å². The Kier molecular flexibility index (Phi) is 5.31. The van der Waals surface area contributed by atoms with Gasteiger partial charge in [0.25, 0.3) is 5.91 Å². The molecule has 20 heavy (non-hydrogen) atoms. The van der Waals surface area contributed by atoms with Crippen molar-refractivity contribution in [2.75, 3.05) is 6.61 Å². The third-order valence-corrected chi connectivity index (χ3v) is 3.15. The minimum Gasteiger partial charge on any atom is -0.452 e. The molecule has 0 saturated carbocycles. The molecule has 1 amide bonds. The second kappa shape index (κ2) is 6.55. The Bertz CT molecular complexity index is 486. The average molecular weight is 277 g/mol. The van der Waals surface area contributed by atoms with E-state index in [4.69, 9.17) is 4.74 Å². The largest absolute Gasteiger partial charge is 0.452 e. The summed E-state index contributed by atoms with van der Waals surface area (Å²) in [5.74, 6) is -0.754. The molecule has 0 spiro atoms. The Morgan fingerprint density at radius 3 is 2.20 bits per heavy atom. The van der Waals surface area contributed by atoms with E-state index in [1.54, 1.807) is 12.1 Å². The van der Waals surface area contributed by atoms with Gasteiger partial charge in [-0.1, -0.05) is 24.1 Å². The molecule has 1 aromatic rings. The fourth-order valence-electron chi connectivity index (χ4n) is 1.81. The number of amides is 1. The lowest BCUT2D eigenvalue weighted by molar-refractivity contribution is -0.125. The lowest BCUT2D eigenvalue weighted by Crippen LogP contribution is -2.44. The first kappa shape index (κ1) is 16.2. The molecule has 0 atom stereocenters. The minimum absolute atomic E-state index is 0.255. The van der Waals surface area contributed by atoms with Crippen LogP contribution in [0.1, 0.15) is 48.7 Å². The zero-order valence-corrected chi connectivity index (χ0v) is 12.9. The molecule has 0 aliphatic rings. The van der Waals surface area contributed by atoms with Crippen molar-refractivity contribution in [3.8, 4) is 0 Å². The molecule has 0 fully saturated rings. The summed E-state index contributed by atoms with van der Waals surface area (Å²) in [5.41, 5.74) is 2.18. The van der Waals surface area contributed by atoms with Crippen LogP contribution in [0.3, 0.4) is 0 Å². The molecule has 0 bridgehead atoms. The van der Waals surface area contributed by atoms with E-state index in [1.807, 2.05) is 40.7 Å². The summed E-state index contributed by atoms with van der Waals surface area (Å²) in [6.07, 6.45) is 0.809. The molecule has 1 N–H and O–H groups in total. The number of hydrogen-bond acceptors (Lipinski definition) is 3. The van der Waals surface area contributed by atoms with Gasteiger partial charge in [0.05, 0.1) is 5.56 Å². The van der Waals surface area contributed by atoms with E-state index in [1.165, 1.54) is 0 Å². The van der Waals surface area contributed by atoms with E-state index in [2.05, 4.69) is 5.32 Å². The first-order chi connectivity index (χ1) is 9.23. The second-order valence-electron chi connectivity index (χ2n) is 5.74. The van der Waals surface area contributed by atoms with Crippen LogP contribution in [-0.4, -0.2) is 24.0 Å². The van der Waals surface area contributed by atoms with Crippen molar-refractivity contribution in [1.82, 2.24) is 5.32 Å². The van der Waals surface area contributed by atoms with Gasteiger partial charge in [-0.2, -0.15) is 0 Å². The normalized spacial score (nSPS) is 11.1. The Balaban J connectivity index is 2.57. The zero-order chi connectivity index (χ0) is 15.3.